The lowest BCUT2D eigenvalue weighted by Gasteiger charge is -2.46. The van der Waals surface area contributed by atoms with Crippen LogP contribution >= 0.6 is 11.6 Å². The summed E-state index contributed by atoms with van der Waals surface area (Å²) in [7, 11) is 0. The minimum atomic E-state index is -0.539. The summed E-state index contributed by atoms with van der Waals surface area (Å²) >= 11 is 6.27. The van der Waals surface area contributed by atoms with Crippen LogP contribution in [0.1, 0.15) is 70.5 Å². The molecule has 1 aliphatic carbocycles. The molecule has 8 heteroatoms. The summed E-state index contributed by atoms with van der Waals surface area (Å²) in [6.45, 7) is 9.01. The van der Waals surface area contributed by atoms with E-state index in [2.05, 4.69) is 48.3 Å². The average molecular weight is 491 g/mol. The summed E-state index contributed by atoms with van der Waals surface area (Å²) in [5.74, 6) is 1.13. The zero-order valence-corrected chi connectivity index (χ0v) is 21.4. The monoisotopic (exact) mass is 490 g/mol. The molecule has 1 fully saturated rings. The Bertz CT molecular complexity index is 1240. The molecular formula is C27H31ClN6O. The molecule has 1 N–H and O–H groups in total. The number of aromatic nitrogens is 4. The Labute approximate surface area is 211 Å². The third-order valence-corrected chi connectivity index (χ3v) is 7.92. The van der Waals surface area contributed by atoms with Gasteiger partial charge in [-0.25, -0.2) is 0 Å². The standard InChI is InChI=1S/C27H31ClN6O/c1-17(18-8-10-19(11-9-18)24-30-32-33-31-24)34-25(35)23(20-6-5-7-22(28)16-20)29-27(34)14-12-21(13-15-27)26(2,3)4/h5-11,16-17,21H,12-15H2,1-4H3,(H,30,31,32,33). The van der Waals surface area contributed by atoms with Crippen LogP contribution in [0.25, 0.3) is 11.4 Å². The van der Waals surface area contributed by atoms with Gasteiger partial charge in [-0.3, -0.25) is 9.79 Å². The van der Waals surface area contributed by atoms with Crippen molar-refractivity contribution in [1.29, 1.82) is 0 Å². The van der Waals surface area contributed by atoms with Gasteiger partial charge in [0.05, 0.1) is 6.04 Å². The Morgan fingerprint density at radius 2 is 1.80 bits per heavy atom. The molecule has 7 nitrogen and oxygen atoms in total. The number of amides is 1. The molecule has 0 bridgehead atoms. The third kappa shape index (κ3) is 4.38. The number of nitrogens with one attached hydrogen (secondary N) is 1. The van der Waals surface area contributed by atoms with Crippen LogP contribution < -0.4 is 0 Å². The number of carbonyl (C=O) groups excluding carboxylic acids is 1. The van der Waals surface area contributed by atoms with Gasteiger partial charge in [0.1, 0.15) is 11.4 Å². The highest BCUT2D eigenvalue weighted by atomic mass is 35.5. The maximum absolute atomic E-state index is 14.0. The molecule has 5 rings (SSSR count). The maximum atomic E-state index is 14.0. The van der Waals surface area contributed by atoms with Crippen LogP contribution in [-0.4, -0.2) is 42.8 Å². The molecule has 1 spiro atoms. The molecule has 0 radical (unpaired) electrons. The lowest BCUT2D eigenvalue weighted by molar-refractivity contribution is -0.132. The SMILES string of the molecule is CC(c1ccc(-c2nn[nH]n2)cc1)N1C(=O)C(c2cccc(Cl)c2)=NC12CCC(C(C)(C)C)CC2. The fourth-order valence-corrected chi connectivity index (χ4v) is 5.81. The van der Waals surface area contributed by atoms with Gasteiger partial charge in [0, 0.05) is 16.1 Å². The third-order valence-electron chi connectivity index (χ3n) is 7.68. The van der Waals surface area contributed by atoms with Crippen LogP contribution in [0.4, 0.5) is 0 Å². The topological polar surface area (TPSA) is 87.1 Å². The lowest BCUT2D eigenvalue weighted by Crippen LogP contribution is -2.50. The molecular weight excluding hydrogens is 460 g/mol. The fraction of sp³-hybridized carbons (Fsp3) is 0.444. The van der Waals surface area contributed by atoms with Crippen molar-refractivity contribution in [2.75, 3.05) is 0 Å². The minimum Gasteiger partial charge on any atom is -0.306 e. The Morgan fingerprint density at radius 3 is 2.40 bits per heavy atom. The number of hydrogen-bond acceptors (Lipinski definition) is 5. The lowest BCUT2D eigenvalue weighted by atomic mass is 9.69. The van der Waals surface area contributed by atoms with Crippen molar-refractivity contribution in [2.24, 2.45) is 16.3 Å². The van der Waals surface area contributed by atoms with Gasteiger partial charge < -0.3 is 4.90 Å². The number of nitrogens with zero attached hydrogens (tertiary/aromatic N) is 5. The molecule has 1 saturated carbocycles. The van der Waals surface area contributed by atoms with Crippen molar-refractivity contribution in [2.45, 2.75) is 65.1 Å². The van der Waals surface area contributed by atoms with Gasteiger partial charge in [-0.1, -0.05) is 68.8 Å². The van der Waals surface area contributed by atoms with Crippen molar-refractivity contribution in [1.82, 2.24) is 25.5 Å². The largest absolute Gasteiger partial charge is 0.306 e. The summed E-state index contributed by atoms with van der Waals surface area (Å²) in [5, 5.41) is 14.8. The van der Waals surface area contributed by atoms with Gasteiger partial charge in [0.15, 0.2) is 0 Å². The summed E-state index contributed by atoms with van der Waals surface area (Å²) in [5.41, 5.74) is 2.91. The second kappa shape index (κ2) is 8.86. The van der Waals surface area contributed by atoms with Crippen LogP contribution in [0.3, 0.4) is 0 Å². The first-order valence-electron chi connectivity index (χ1n) is 12.2. The molecule has 3 aromatic rings. The van der Waals surface area contributed by atoms with E-state index in [1.54, 1.807) is 0 Å². The summed E-state index contributed by atoms with van der Waals surface area (Å²) < 4.78 is 0. The van der Waals surface area contributed by atoms with E-state index in [9.17, 15) is 4.79 Å². The van der Waals surface area contributed by atoms with Crippen molar-refractivity contribution in [3.05, 3.63) is 64.7 Å². The molecule has 2 aliphatic rings. The van der Waals surface area contributed by atoms with Crippen molar-refractivity contribution < 1.29 is 4.79 Å². The summed E-state index contributed by atoms with van der Waals surface area (Å²) in [6.07, 6.45) is 3.80. The van der Waals surface area contributed by atoms with E-state index in [1.807, 2.05) is 53.4 Å². The number of halogens is 1. The zero-order chi connectivity index (χ0) is 24.8. The molecule has 1 unspecified atom stereocenters. The quantitative estimate of drug-likeness (QED) is 0.497. The highest BCUT2D eigenvalue weighted by Crippen LogP contribution is 2.49. The number of tetrazole rings is 1. The van der Waals surface area contributed by atoms with Crippen LogP contribution in [0, 0.1) is 11.3 Å². The molecule has 1 amide bonds. The number of aliphatic imine (C=N–C) groups is 1. The average Bonchev–Trinajstić information content (AvgIpc) is 3.46. The van der Waals surface area contributed by atoms with Crippen LogP contribution in [0.15, 0.2) is 53.5 Å². The first kappa shape index (κ1) is 23.7. The zero-order valence-electron chi connectivity index (χ0n) is 20.6. The van der Waals surface area contributed by atoms with Gasteiger partial charge >= 0.3 is 0 Å². The first-order chi connectivity index (χ1) is 16.7. The molecule has 182 valence electrons. The van der Waals surface area contributed by atoms with E-state index in [-0.39, 0.29) is 17.4 Å². The molecule has 1 atom stereocenters. The van der Waals surface area contributed by atoms with Crippen LogP contribution in [0.5, 0.6) is 0 Å². The molecule has 1 aromatic heterocycles. The number of aromatic amines is 1. The van der Waals surface area contributed by atoms with E-state index in [1.165, 1.54) is 0 Å². The van der Waals surface area contributed by atoms with Crippen LogP contribution in [-0.2, 0) is 4.79 Å². The Hall–Kier alpha value is -3.06. The number of benzene rings is 2. The molecule has 2 aromatic carbocycles. The van der Waals surface area contributed by atoms with Gasteiger partial charge in [0.2, 0.25) is 5.82 Å². The first-order valence-corrected chi connectivity index (χ1v) is 12.6. The molecule has 0 saturated heterocycles. The van der Waals surface area contributed by atoms with E-state index < -0.39 is 5.66 Å². The normalized spacial score (nSPS) is 23.6. The molecule has 1 aliphatic heterocycles. The smallest absolute Gasteiger partial charge is 0.275 e. The number of hydrogen-bond donors (Lipinski definition) is 1. The Balaban J connectivity index is 1.50. The van der Waals surface area contributed by atoms with E-state index in [4.69, 9.17) is 16.6 Å². The Morgan fingerprint density at radius 1 is 1.09 bits per heavy atom. The minimum absolute atomic E-state index is 0.0313. The summed E-state index contributed by atoms with van der Waals surface area (Å²) in [6, 6.07) is 15.3. The number of rotatable bonds is 4. The molecule has 2 heterocycles. The Kier molecular flexibility index (Phi) is 5.99. The van der Waals surface area contributed by atoms with E-state index in [0.717, 1.165) is 42.4 Å². The van der Waals surface area contributed by atoms with Gasteiger partial charge in [-0.2, -0.15) is 5.21 Å². The highest BCUT2D eigenvalue weighted by Gasteiger charge is 2.51. The van der Waals surface area contributed by atoms with Crippen molar-refractivity contribution in [3.63, 3.8) is 0 Å². The van der Waals surface area contributed by atoms with Gasteiger partial charge in [-0.15, -0.1) is 10.2 Å². The predicted molar refractivity (Wildman–Crippen MR) is 137 cm³/mol. The second-order valence-electron chi connectivity index (χ2n) is 10.8. The van der Waals surface area contributed by atoms with Gasteiger partial charge in [0.25, 0.3) is 5.91 Å². The van der Waals surface area contributed by atoms with Crippen molar-refractivity contribution in [3.8, 4) is 11.4 Å². The van der Waals surface area contributed by atoms with Crippen LogP contribution in [0.2, 0.25) is 5.02 Å². The summed E-state index contributed by atoms with van der Waals surface area (Å²) in [4.78, 5) is 21.2. The van der Waals surface area contributed by atoms with E-state index in [0.29, 0.717) is 22.5 Å². The van der Waals surface area contributed by atoms with Crippen molar-refractivity contribution >= 4 is 23.2 Å². The van der Waals surface area contributed by atoms with E-state index >= 15 is 0 Å². The predicted octanol–water partition coefficient (Wildman–Crippen LogP) is 5.85. The second-order valence-corrected chi connectivity index (χ2v) is 11.2. The molecule has 35 heavy (non-hydrogen) atoms. The highest BCUT2D eigenvalue weighted by molar-refractivity contribution is 6.47. The maximum Gasteiger partial charge on any atom is 0.275 e. The fourth-order valence-electron chi connectivity index (χ4n) is 5.62. The van der Waals surface area contributed by atoms with Gasteiger partial charge in [-0.05, 0) is 66.8 Å². The number of H-pyrrole nitrogens is 1. The number of carbonyl (C=O) groups is 1.